The van der Waals surface area contributed by atoms with Gasteiger partial charge in [0.15, 0.2) is 0 Å². The molecule has 0 saturated heterocycles. The smallest absolute Gasteiger partial charge is 0.317 e. The predicted molar refractivity (Wildman–Crippen MR) is 132 cm³/mol. The van der Waals surface area contributed by atoms with Gasteiger partial charge in [-0.25, -0.2) is 0 Å². The van der Waals surface area contributed by atoms with Gasteiger partial charge < -0.3 is 20.8 Å². The zero-order valence-corrected chi connectivity index (χ0v) is 21.2. The van der Waals surface area contributed by atoms with Crippen molar-refractivity contribution >= 4 is 47.2 Å². The second-order valence-corrected chi connectivity index (χ2v) is 10.6. The summed E-state index contributed by atoms with van der Waals surface area (Å²) < 4.78 is 0. The topological polar surface area (TPSA) is 139 Å². The van der Waals surface area contributed by atoms with E-state index in [1.807, 2.05) is 30.6 Å². The van der Waals surface area contributed by atoms with Crippen LogP contribution in [0.1, 0.15) is 26.2 Å². The minimum Gasteiger partial charge on any atom is -0.480 e. The number of hydrogen-bond donors (Lipinski definition) is 4. The van der Waals surface area contributed by atoms with Crippen molar-refractivity contribution in [1.29, 1.82) is 0 Å². The third kappa shape index (κ3) is 13.8. The lowest BCUT2D eigenvalue weighted by Gasteiger charge is -2.35. The standard InChI is InChI=1S/C21H38N4O6S2/c1-3-16(26)12-24(14-20(28)29)8-9-25(15-21(30)31)13-19(27)23-7-11-33-18-5-4-17(18)32-10-6-22-2/h17-18,22H,3-15H2,1-2H3,(H,23,27)(H,28,29)(H,30,31). The van der Waals surface area contributed by atoms with Gasteiger partial charge in [-0.05, 0) is 19.9 Å². The van der Waals surface area contributed by atoms with E-state index < -0.39 is 11.9 Å². The van der Waals surface area contributed by atoms with E-state index >= 15 is 0 Å². The third-order valence-electron chi connectivity index (χ3n) is 5.20. The van der Waals surface area contributed by atoms with E-state index in [9.17, 15) is 19.2 Å². The van der Waals surface area contributed by atoms with E-state index in [1.165, 1.54) is 22.6 Å². The molecule has 0 heterocycles. The number of carboxylic acids is 2. The van der Waals surface area contributed by atoms with Gasteiger partial charge in [0.05, 0.1) is 26.2 Å². The Bertz CT molecular complexity index is 640. The predicted octanol–water partition coefficient (Wildman–Crippen LogP) is 0.0717. The molecule has 1 aliphatic carbocycles. The molecule has 2 unspecified atom stereocenters. The van der Waals surface area contributed by atoms with Crippen LogP contribution in [0.15, 0.2) is 0 Å². The Labute approximate surface area is 204 Å². The molecule has 33 heavy (non-hydrogen) atoms. The van der Waals surface area contributed by atoms with Crippen LogP contribution in [-0.4, -0.2) is 125 Å². The second kappa shape index (κ2) is 17.1. The van der Waals surface area contributed by atoms with Crippen LogP contribution in [0.3, 0.4) is 0 Å². The average Bonchev–Trinajstić information content (AvgIpc) is 2.72. The maximum Gasteiger partial charge on any atom is 0.317 e. The molecule has 1 aliphatic rings. The molecule has 12 heteroatoms. The number of aliphatic carboxylic acids is 2. The summed E-state index contributed by atoms with van der Waals surface area (Å²) >= 11 is 3.87. The summed E-state index contributed by atoms with van der Waals surface area (Å²) in [4.78, 5) is 49.2. The van der Waals surface area contributed by atoms with Gasteiger partial charge in [0.25, 0.3) is 0 Å². The molecule has 4 N–H and O–H groups in total. The number of rotatable bonds is 20. The van der Waals surface area contributed by atoms with Crippen molar-refractivity contribution in [3.63, 3.8) is 0 Å². The van der Waals surface area contributed by atoms with E-state index in [2.05, 4.69) is 10.6 Å². The summed E-state index contributed by atoms with van der Waals surface area (Å²) in [6.45, 7) is 2.83. The van der Waals surface area contributed by atoms with Crippen LogP contribution < -0.4 is 10.6 Å². The third-order valence-corrected chi connectivity index (χ3v) is 8.24. The van der Waals surface area contributed by atoms with Crippen molar-refractivity contribution < 1.29 is 29.4 Å². The van der Waals surface area contributed by atoms with Crippen LogP contribution in [0, 0.1) is 0 Å². The monoisotopic (exact) mass is 506 g/mol. The number of carbonyl (C=O) groups is 4. The van der Waals surface area contributed by atoms with E-state index in [1.54, 1.807) is 6.92 Å². The van der Waals surface area contributed by atoms with Gasteiger partial charge in [-0.3, -0.25) is 29.0 Å². The lowest BCUT2D eigenvalue weighted by Crippen LogP contribution is -2.45. The lowest BCUT2D eigenvalue weighted by atomic mass is 9.99. The van der Waals surface area contributed by atoms with Crippen LogP contribution in [-0.2, 0) is 19.2 Å². The first-order valence-corrected chi connectivity index (χ1v) is 13.4. The molecule has 0 aromatic heterocycles. The summed E-state index contributed by atoms with van der Waals surface area (Å²) in [6.07, 6.45) is 2.74. The normalized spacial score (nSPS) is 17.7. The highest BCUT2D eigenvalue weighted by Gasteiger charge is 2.31. The van der Waals surface area contributed by atoms with Crippen molar-refractivity contribution in [2.75, 3.05) is 70.9 Å². The van der Waals surface area contributed by atoms with Crippen LogP contribution in [0.2, 0.25) is 0 Å². The summed E-state index contributed by atoms with van der Waals surface area (Å²) in [7, 11) is 1.95. The SMILES string of the molecule is CCC(=O)CN(CCN(CC(=O)O)CC(=O)NCCSC1CCC1SCCNC)CC(=O)O. The molecule has 10 nitrogen and oxygen atoms in total. The summed E-state index contributed by atoms with van der Waals surface area (Å²) in [5, 5.41) is 25.5. The number of hydrogen-bond acceptors (Lipinski definition) is 9. The lowest BCUT2D eigenvalue weighted by molar-refractivity contribution is -0.141. The zero-order chi connectivity index (χ0) is 24.6. The Kier molecular flexibility index (Phi) is 15.4. The molecule has 2 atom stereocenters. The minimum absolute atomic E-state index is 0.0114. The molecule has 0 radical (unpaired) electrons. The summed E-state index contributed by atoms with van der Waals surface area (Å²) in [5.41, 5.74) is 0. The van der Waals surface area contributed by atoms with E-state index in [4.69, 9.17) is 10.2 Å². The van der Waals surface area contributed by atoms with Gasteiger partial charge >= 0.3 is 11.9 Å². The van der Waals surface area contributed by atoms with E-state index in [0.717, 1.165) is 18.1 Å². The van der Waals surface area contributed by atoms with Crippen molar-refractivity contribution in [1.82, 2.24) is 20.4 Å². The molecule has 0 spiro atoms. The number of ketones is 1. The first kappa shape index (κ1) is 29.7. The number of carbonyl (C=O) groups excluding carboxylic acids is 2. The molecular weight excluding hydrogens is 468 g/mol. The minimum atomic E-state index is -1.07. The van der Waals surface area contributed by atoms with Crippen LogP contribution in [0.5, 0.6) is 0 Å². The van der Waals surface area contributed by atoms with Crippen LogP contribution in [0.4, 0.5) is 0 Å². The number of amides is 1. The fourth-order valence-electron chi connectivity index (χ4n) is 3.25. The molecule has 0 aromatic rings. The first-order chi connectivity index (χ1) is 15.7. The van der Waals surface area contributed by atoms with E-state index in [0.29, 0.717) is 23.5 Å². The Morgan fingerprint density at radius 1 is 0.848 bits per heavy atom. The van der Waals surface area contributed by atoms with Crippen molar-refractivity contribution in [2.45, 2.75) is 36.7 Å². The molecule has 0 aliphatic heterocycles. The molecule has 1 rings (SSSR count). The Balaban J connectivity index is 2.38. The van der Waals surface area contributed by atoms with Gasteiger partial charge in [-0.1, -0.05) is 6.92 Å². The first-order valence-electron chi connectivity index (χ1n) is 11.3. The van der Waals surface area contributed by atoms with Crippen molar-refractivity contribution in [2.24, 2.45) is 0 Å². The van der Waals surface area contributed by atoms with Crippen molar-refractivity contribution in [3.05, 3.63) is 0 Å². The van der Waals surface area contributed by atoms with Gasteiger partial charge in [-0.15, -0.1) is 0 Å². The fourth-order valence-corrected chi connectivity index (χ4v) is 6.17. The number of nitrogens with zero attached hydrogens (tertiary/aromatic N) is 2. The van der Waals surface area contributed by atoms with Crippen LogP contribution >= 0.6 is 23.5 Å². The van der Waals surface area contributed by atoms with Crippen molar-refractivity contribution in [3.8, 4) is 0 Å². The highest BCUT2D eigenvalue weighted by atomic mass is 32.2. The average molecular weight is 507 g/mol. The largest absolute Gasteiger partial charge is 0.480 e. The van der Waals surface area contributed by atoms with Gasteiger partial charge in [0.2, 0.25) is 5.91 Å². The number of carboxylic acid groups (broad SMARTS) is 2. The van der Waals surface area contributed by atoms with Gasteiger partial charge in [0, 0.05) is 54.6 Å². The Hall–Kier alpha value is -1.34. The molecule has 1 fully saturated rings. The summed E-state index contributed by atoms with van der Waals surface area (Å²) in [5.74, 6) is -0.577. The molecule has 0 aromatic carbocycles. The molecule has 190 valence electrons. The highest BCUT2D eigenvalue weighted by molar-refractivity contribution is 8.04. The highest BCUT2D eigenvalue weighted by Crippen LogP contribution is 2.39. The van der Waals surface area contributed by atoms with Gasteiger partial charge in [-0.2, -0.15) is 23.5 Å². The fraction of sp³-hybridized carbons (Fsp3) is 0.810. The molecule has 0 bridgehead atoms. The number of Topliss-reactive ketones (excluding diaryl/α,β-unsaturated/α-hetero) is 1. The molecule has 1 saturated carbocycles. The zero-order valence-electron chi connectivity index (χ0n) is 19.6. The number of thioether (sulfide) groups is 2. The van der Waals surface area contributed by atoms with Gasteiger partial charge in [0.1, 0.15) is 5.78 Å². The second-order valence-electron chi connectivity index (χ2n) is 7.95. The Morgan fingerprint density at radius 2 is 1.36 bits per heavy atom. The Morgan fingerprint density at radius 3 is 1.82 bits per heavy atom. The molecule has 1 amide bonds. The van der Waals surface area contributed by atoms with Crippen LogP contribution in [0.25, 0.3) is 0 Å². The quantitative estimate of drug-likeness (QED) is 0.167. The summed E-state index contributed by atoms with van der Waals surface area (Å²) in [6, 6.07) is 0. The number of nitrogens with one attached hydrogen (secondary N) is 2. The maximum atomic E-state index is 12.3. The maximum absolute atomic E-state index is 12.3. The molecular formula is C21H38N4O6S2. The van der Waals surface area contributed by atoms with E-state index in [-0.39, 0.29) is 51.0 Å².